The highest BCUT2D eigenvalue weighted by Crippen LogP contribution is 2.46. The van der Waals surface area contributed by atoms with Crippen molar-refractivity contribution in [2.24, 2.45) is 0 Å². The normalized spacial score (nSPS) is 21.1. The second-order valence-electron chi connectivity index (χ2n) is 9.11. The number of carbonyl (C=O) groups excluding carboxylic acids is 2. The Morgan fingerprint density at radius 1 is 1.17 bits per heavy atom. The Balaban J connectivity index is 1.57. The SMILES string of the molecule is CCOC(=O)C1=C(C)N[C@H]2S/C(=C\c3c[nH]c4ccccc34)C(=O)N2[C@@H]1c1ccc(C(C)C)cc1. The summed E-state index contributed by atoms with van der Waals surface area (Å²) in [6.45, 7) is 8.23. The first-order valence-electron chi connectivity index (χ1n) is 11.9. The largest absolute Gasteiger partial charge is 0.463 e. The quantitative estimate of drug-likeness (QED) is 0.358. The number of carbonyl (C=O) groups is 2. The number of hydrogen-bond donors (Lipinski definition) is 2. The molecule has 0 aliphatic carbocycles. The number of benzene rings is 2. The average Bonchev–Trinajstić information content (AvgIpc) is 3.39. The standard InChI is InChI=1S/C28H29N3O3S/c1-5-34-27(33)24-17(4)30-28-31(25(24)19-12-10-18(11-13-19)16(2)3)26(32)23(35-28)14-20-15-29-22-9-7-6-8-21(20)22/h6-16,25,28-30H,5H2,1-4H3/b23-14-/t25-,28-/m1/s1. The van der Waals surface area contributed by atoms with Gasteiger partial charge in [-0.1, -0.05) is 68.1 Å². The van der Waals surface area contributed by atoms with Crippen LogP contribution in [0.3, 0.4) is 0 Å². The lowest BCUT2D eigenvalue weighted by Gasteiger charge is -2.39. The molecule has 2 aliphatic heterocycles. The fourth-order valence-electron chi connectivity index (χ4n) is 4.73. The molecule has 1 amide bonds. The third kappa shape index (κ3) is 4.14. The van der Waals surface area contributed by atoms with Gasteiger partial charge >= 0.3 is 5.97 Å². The maximum absolute atomic E-state index is 13.8. The highest BCUT2D eigenvalue weighted by Gasteiger charge is 2.47. The van der Waals surface area contributed by atoms with Crippen LogP contribution in [0, 0.1) is 0 Å². The minimum atomic E-state index is -0.532. The number of aromatic amines is 1. The van der Waals surface area contributed by atoms with E-state index in [1.807, 2.05) is 55.6 Å². The number of aromatic nitrogens is 1. The number of allylic oxidation sites excluding steroid dienone is 1. The molecular formula is C28H29N3O3S. The molecule has 7 heteroatoms. The smallest absolute Gasteiger partial charge is 0.338 e. The van der Waals surface area contributed by atoms with Crippen molar-refractivity contribution in [3.05, 3.63) is 87.6 Å². The summed E-state index contributed by atoms with van der Waals surface area (Å²) in [6.07, 6.45) is 3.86. The van der Waals surface area contributed by atoms with Crippen LogP contribution in [0.15, 0.2) is 70.9 Å². The summed E-state index contributed by atoms with van der Waals surface area (Å²) in [5, 5.41) is 4.44. The maximum atomic E-state index is 13.8. The third-order valence-electron chi connectivity index (χ3n) is 6.55. The Bertz CT molecular complexity index is 1350. The number of H-pyrrole nitrogens is 1. The van der Waals surface area contributed by atoms with E-state index in [1.54, 1.807) is 11.8 Å². The Morgan fingerprint density at radius 2 is 1.91 bits per heavy atom. The summed E-state index contributed by atoms with van der Waals surface area (Å²) >= 11 is 1.47. The van der Waals surface area contributed by atoms with E-state index in [0.717, 1.165) is 27.7 Å². The van der Waals surface area contributed by atoms with Crippen molar-refractivity contribution in [3.8, 4) is 0 Å². The molecule has 0 bridgehead atoms. The molecule has 3 heterocycles. The van der Waals surface area contributed by atoms with Crippen LogP contribution >= 0.6 is 11.8 Å². The number of rotatable bonds is 5. The van der Waals surface area contributed by atoms with Crippen LogP contribution in [0.25, 0.3) is 17.0 Å². The van der Waals surface area contributed by atoms with Gasteiger partial charge in [-0.05, 0) is 43.0 Å². The van der Waals surface area contributed by atoms with Gasteiger partial charge in [-0.25, -0.2) is 4.79 Å². The van der Waals surface area contributed by atoms with Gasteiger partial charge in [0.2, 0.25) is 0 Å². The number of fused-ring (bicyclic) bond motifs is 2. The first kappa shape index (κ1) is 23.3. The molecule has 2 N–H and O–H groups in total. The number of esters is 1. The molecule has 0 saturated carbocycles. The molecule has 1 aromatic heterocycles. The van der Waals surface area contributed by atoms with Crippen LogP contribution in [0.4, 0.5) is 0 Å². The van der Waals surface area contributed by atoms with Crippen LogP contribution in [0.2, 0.25) is 0 Å². The second-order valence-corrected chi connectivity index (χ2v) is 10.2. The summed E-state index contributed by atoms with van der Waals surface area (Å²) in [7, 11) is 0. The van der Waals surface area contributed by atoms with Crippen LogP contribution < -0.4 is 5.32 Å². The summed E-state index contributed by atoms with van der Waals surface area (Å²) in [4.78, 5) is 32.5. The van der Waals surface area contributed by atoms with E-state index in [0.29, 0.717) is 16.4 Å². The zero-order chi connectivity index (χ0) is 24.7. The van der Waals surface area contributed by atoms with Gasteiger partial charge in [-0.3, -0.25) is 9.69 Å². The number of para-hydroxylation sites is 1. The first-order valence-corrected chi connectivity index (χ1v) is 12.8. The van der Waals surface area contributed by atoms with Gasteiger partial charge in [0.25, 0.3) is 5.91 Å². The lowest BCUT2D eigenvalue weighted by molar-refractivity contribution is -0.140. The highest BCUT2D eigenvalue weighted by atomic mass is 32.2. The van der Waals surface area contributed by atoms with Crippen molar-refractivity contribution in [2.75, 3.05) is 6.61 Å². The number of ether oxygens (including phenoxy) is 1. The van der Waals surface area contributed by atoms with Gasteiger partial charge < -0.3 is 15.0 Å². The van der Waals surface area contributed by atoms with E-state index < -0.39 is 12.0 Å². The lowest BCUT2D eigenvalue weighted by Crippen LogP contribution is -2.49. The van der Waals surface area contributed by atoms with Gasteiger partial charge in [0, 0.05) is 28.4 Å². The first-order chi connectivity index (χ1) is 16.9. The molecule has 0 radical (unpaired) electrons. The van der Waals surface area contributed by atoms with Gasteiger partial charge in [-0.15, -0.1) is 0 Å². The van der Waals surface area contributed by atoms with Crippen molar-refractivity contribution < 1.29 is 14.3 Å². The monoisotopic (exact) mass is 487 g/mol. The highest BCUT2D eigenvalue weighted by molar-refractivity contribution is 8.05. The van der Waals surface area contributed by atoms with Gasteiger partial charge in [0.15, 0.2) is 5.50 Å². The average molecular weight is 488 g/mol. The lowest BCUT2D eigenvalue weighted by atomic mass is 9.91. The molecule has 0 unspecified atom stereocenters. The molecule has 2 aromatic carbocycles. The van der Waals surface area contributed by atoms with E-state index in [9.17, 15) is 9.59 Å². The number of nitrogens with one attached hydrogen (secondary N) is 2. The predicted octanol–water partition coefficient (Wildman–Crippen LogP) is 5.67. The van der Waals surface area contributed by atoms with E-state index >= 15 is 0 Å². The number of nitrogens with zero attached hydrogens (tertiary/aromatic N) is 1. The minimum Gasteiger partial charge on any atom is -0.463 e. The molecule has 1 saturated heterocycles. The second kappa shape index (κ2) is 9.30. The Kier molecular flexibility index (Phi) is 6.19. The molecule has 180 valence electrons. The van der Waals surface area contributed by atoms with E-state index in [2.05, 4.69) is 36.3 Å². The molecule has 3 aromatic rings. The van der Waals surface area contributed by atoms with Crippen molar-refractivity contribution in [2.45, 2.75) is 45.2 Å². The van der Waals surface area contributed by atoms with Crippen molar-refractivity contribution in [1.29, 1.82) is 0 Å². The van der Waals surface area contributed by atoms with E-state index in [1.165, 1.54) is 17.3 Å². The molecule has 2 aliphatic rings. The molecule has 2 atom stereocenters. The van der Waals surface area contributed by atoms with Crippen molar-refractivity contribution >= 4 is 40.6 Å². The van der Waals surface area contributed by atoms with Crippen LogP contribution in [-0.4, -0.2) is 33.9 Å². The van der Waals surface area contributed by atoms with Gasteiger partial charge in [-0.2, -0.15) is 0 Å². The van der Waals surface area contributed by atoms with Crippen molar-refractivity contribution in [3.63, 3.8) is 0 Å². The number of thioether (sulfide) groups is 1. The third-order valence-corrected chi connectivity index (χ3v) is 7.67. The summed E-state index contributed by atoms with van der Waals surface area (Å²) in [5.41, 5.74) is 4.98. The topological polar surface area (TPSA) is 74.4 Å². The zero-order valence-electron chi connectivity index (χ0n) is 20.3. The Labute approximate surface area is 209 Å². The molecule has 1 fully saturated rings. The Morgan fingerprint density at radius 3 is 2.63 bits per heavy atom. The zero-order valence-corrected chi connectivity index (χ0v) is 21.1. The van der Waals surface area contributed by atoms with Crippen molar-refractivity contribution in [1.82, 2.24) is 15.2 Å². The Hall–Kier alpha value is -3.45. The van der Waals surface area contributed by atoms with Crippen LogP contribution in [0.1, 0.15) is 56.3 Å². The summed E-state index contributed by atoms with van der Waals surface area (Å²) in [6, 6.07) is 15.7. The summed E-state index contributed by atoms with van der Waals surface area (Å²) in [5.74, 6) is -0.118. The number of hydrogen-bond acceptors (Lipinski definition) is 5. The fourth-order valence-corrected chi connectivity index (χ4v) is 5.94. The minimum absolute atomic E-state index is 0.106. The molecule has 0 spiro atoms. The molecule has 6 nitrogen and oxygen atoms in total. The van der Waals surface area contributed by atoms with E-state index in [-0.39, 0.29) is 18.0 Å². The fraction of sp³-hybridized carbons (Fsp3) is 0.286. The van der Waals surface area contributed by atoms with Gasteiger partial charge in [0.1, 0.15) is 0 Å². The summed E-state index contributed by atoms with van der Waals surface area (Å²) < 4.78 is 5.41. The predicted molar refractivity (Wildman–Crippen MR) is 140 cm³/mol. The van der Waals surface area contributed by atoms with Gasteiger partial charge in [0.05, 0.1) is 23.1 Å². The number of amides is 1. The van der Waals surface area contributed by atoms with E-state index in [4.69, 9.17) is 4.74 Å². The van der Waals surface area contributed by atoms with Crippen LogP contribution in [0.5, 0.6) is 0 Å². The maximum Gasteiger partial charge on any atom is 0.338 e. The molecule has 5 rings (SSSR count). The van der Waals surface area contributed by atoms with Crippen LogP contribution in [-0.2, 0) is 14.3 Å². The molecule has 35 heavy (non-hydrogen) atoms. The molecular weight excluding hydrogens is 458 g/mol.